The lowest BCUT2D eigenvalue weighted by Crippen LogP contribution is -2.49. The van der Waals surface area contributed by atoms with Gasteiger partial charge in [-0.15, -0.1) is 0 Å². The summed E-state index contributed by atoms with van der Waals surface area (Å²) < 4.78 is 12.3. The smallest absolute Gasteiger partial charge is 0.0734 e. The zero-order chi connectivity index (χ0) is 15.8. The van der Waals surface area contributed by atoms with Crippen LogP contribution in [0.25, 0.3) is 0 Å². The molecule has 0 N–H and O–H groups in total. The lowest BCUT2D eigenvalue weighted by Gasteiger charge is -2.39. The average molecular weight is 322 g/mol. The number of morpholine rings is 2. The highest BCUT2D eigenvalue weighted by Crippen LogP contribution is 2.37. The van der Waals surface area contributed by atoms with Crippen LogP contribution >= 0.6 is 0 Å². The van der Waals surface area contributed by atoms with Gasteiger partial charge in [-0.05, 0) is 70.9 Å². The summed E-state index contributed by atoms with van der Waals surface area (Å²) >= 11 is 0. The third-order valence-corrected chi connectivity index (χ3v) is 5.97. The first-order valence-corrected chi connectivity index (χ1v) is 9.93. The molecule has 4 fully saturated rings. The summed E-state index contributed by atoms with van der Waals surface area (Å²) in [7, 11) is 0. The fraction of sp³-hybridized carbons (Fsp3) is 1.00. The van der Waals surface area contributed by atoms with E-state index in [9.17, 15) is 0 Å². The van der Waals surface area contributed by atoms with Crippen molar-refractivity contribution in [1.82, 2.24) is 9.80 Å². The van der Waals surface area contributed by atoms with Crippen LogP contribution in [0.15, 0.2) is 0 Å². The lowest BCUT2D eigenvalue weighted by molar-refractivity contribution is -0.0927. The topological polar surface area (TPSA) is 24.9 Å². The molecule has 0 spiro atoms. The summed E-state index contributed by atoms with van der Waals surface area (Å²) in [6.45, 7) is 11.5. The Morgan fingerprint density at radius 1 is 0.696 bits per heavy atom. The molecule has 4 rings (SSSR count). The minimum absolute atomic E-state index is 0.414. The average Bonchev–Trinajstić information content (AvgIpc) is 3.39. The molecule has 2 saturated heterocycles. The number of rotatable bonds is 6. The van der Waals surface area contributed by atoms with Crippen molar-refractivity contribution in [1.29, 1.82) is 0 Å². The minimum Gasteiger partial charge on any atom is -0.372 e. The highest BCUT2D eigenvalue weighted by atomic mass is 16.5. The number of hydrogen-bond donors (Lipinski definition) is 0. The first-order valence-electron chi connectivity index (χ1n) is 9.93. The second-order valence-electron chi connectivity index (χ2n) is 8.52. The predicted molar refractivity (Wildman–Crippen MR) is 91.6 cm³/mol. The Morgan fingerprint density at radius 3 is 1.52 bits per heavy atom. The van der Waals surface area contributed by atoms with Gasteiger partial charge in [0, 0.05) is 26.2 Å². The normalized spacial score (nSPS) is 40.4. The van der Waals surface area contributed by atoms with Gasteiger partial charge in [0.05, 0.1) is 24.4 Å². The van der Waals surface area contributed by atoms with Gasteiger partial charge in [-0.3, -0.25) is 9.80 Å². The molecule has 23 heavy (non-hydrogen) atoms. The molecule has 0 aromatic carbocycles. The van der Waals surface area contributed by atoms with Gasteiger partial charge < -0.3 is 9.47 Å². The fourth-order valence-electron chi connectivity index (χ4n) is 4.49. The van der Waals surface area contributed by atoms with Gasteiger partial charge >= 0.3 is 0 Å². The molecule has 4 atom stereocenters. The van der Waals surface area contributed by atoms with Crippen molar-refractivity contribution < 1.29 is 9.47 Å². The highest BCUT2D eigenvalue weighted by molar-refractivity contribution is 4.89. The molecule has 0 unspecified atom stereocenters. The standard InChI is InChI=1S/C19H34N2O2/c1-14-10-20(12-18(22-14)16-4-5-16)8-3-9-21-11-15(2)23-19(13-21)17-6-7-17/h14-19H,3-13H2,1-2H3/t14-,15+,18-,19-/m0/s1. The lowest BCUT2D eigenvalue weighted by atomic mass is 10.1. The van der Waals surface area contributed by atoms with Crippen LogP contribution in [0.3, 0.4) is 0 Å². The van der Waals surface area contributed by atoms with E-state index < -0.39 is 0 Å². The van der Waals surface area contributed by atoms with Crippen LogP contribution < -0.4 is 0 Å². The van der Waals surface area contributed by atoms with Crippen molar-refractivity contribution in [3.63, 3.8) is 0 Å². The second kappa shape index (κ2) is 6.99. The summed E-state index contributed by atoms with van der Waals surface area (Å²) in [5.74, 6) is 1.72. The molecule has 4 nitrogen and oxygen atoms in total. The van der Waals surface area contributed by atoms with E-state index in [1.54, 1.807) is 0 Å². The fourth-order valence-corrected chi connectivity index (χ4v) is 4.49. The highest BCUT2D eigenvalue weighted by Gasteiger charge is 2.38. The molecule has 0 bridgehead atoms. The first kappa shape index (κ1) is 16.3. The molecule has 2 saturated carbocycles. The van der Waals surface area contributed by atoms with Crippen LogP contribution in [-0.2, 0) is 9.47 Å². The van der Waals surface area contributed by atoms with Crippen molar-refractivity contribution in [3.8, 4) is 0 Å². The zero-order valence-electron chi connectivity index (χ0n) is 15.0. The van der Waals surface area contributed by atoms with E-state index in [4.69, 9.17) is 9.47 Å². The summed E-state index contributed by atoms with van der Waals surface area (Å²) in [5, 5.41) is 0. The van der Waals surface area contributed by atoms with Crippen LogP contribution in [-0.4, -0.2) is 73.5 Å². The Hall–Kier alpha value is -0.160. The maximum atomic E-state index is 6.13. The SMILES string of the molecule is C[C@@H]1CN(CCCN2C[C@@H](C3CC3)O[C@@H](C)C2)C[C@@H](C2CC2)O1. The summed E-state index contributed by atoms with van der Waals surface area (Å²) in [6.07, 6.45) is 8.70. The molecule has 0 radical (unpaired) electrons. The van der Waals surface area contributed by atoms with Crippen LogP contribution in [0.1, 0.15) is 46.0 Å². The van der Waals surface area contributed by atoms with Crippen molar-refractivity contribution in [2.45, 2.75) is 70.4 Å². The molecule has 132 valence electrons. The Bertz CT molecular complexity index is 361. The summed E-state index contributed by atoms with van der Waals surface area (Å²) in [5.41, 5.74) is 0. The van der Waals surface area contributed by atoms with E-state index in [0.717, 1.165) is 24.9 Å². The minimum atomic E-state index is 0.414. The van der Waals surface area contributed by atoms with Crippen molar-refractivity contribution in [2.75, 3.05) is 39.3 Å². The largest absolute Gasteiger partial charge is 0.372 e. The van der Waals surface area contributed by atoms with Crippen molar-refractivity contribution in [3.05, 3.63) is 0 Å². The third-order valence-electron chi connectivity index (χ3n) is 5.97. The number of nitrogens with zero attached hydrogens (tertiary/aromatic N) is 2. The molecule has 2 aliphatic heterocycles. The number of ether oxygens (including phenoxy) is 2. The monoisotopic (exact) mass is 322 g/mol. The molecule has 0 aromatic rings. The van der Waals surface area contributed by atoms with E-state index in [0.29, 0.717) is 24.4 Å². The molecule has 0 amide bonds. The molecular weight excluding hydrogens is 288 g/mol. The van der Waals surface area contributed by atoms with Crippen molar-refractivity contribution >= 4 is 0 Å². The Balaban J connectivity index is 1.20. The van der Waals surface area contributed by atoms with Crippen LogP contribution in [0.5, 0.6) is 0 Å². The third kappa shape index (κ3) is 4.47. The quantitative estimate of drug-likeness (QED) is 0.749. The van der Waals surface area contributed by atoms with Crippen LogP contribution in [0.4, 0.5) is 0 Å². The zero-order valence-corrected chi connectivity index (χ0v) is 15.0. The van der Waals surface area contributed by atoms with E-state index in [-0.39, 0.29) is 0 Å². The second-order valence-corrected chi connectivity index (χ2v) is 8.52. The van der Waals surface area contributed by atoms with Gasteiger partial charge in [-0.25, -0.2) is 0 Å². The van der Waals surface area contributed by atoms with E-state index in [1.165, 1.54) is 58.3 Å². The van der Waals surface area contributed by atoms with Gasteiger partial charge in [0.2, 0.25) is 0 Å². The van der Waals surface area contributed by atoms with Gasteiger partial charge in [0.15, 0.2) is 0 Å². The van der Waals surface area contributed by atoms with E-state index >= 15 is 0 Å². The molecule has 4 heteroatoms. The summed E-state index contributed by atoms with van der Waals surface area (Å²) in [6, 6.07) is 0. The van der Waals surface area contributed by atoms with Gasteiger partial charge in [-0.2, -0.15) is 0 Å². The van der Waals surface area contributed by atoms with E-state index in [2.05, 4.69) is 23.6 Å². The van der Waals surface area contributed by atoms with Crippen molar-refractivity contribution in [2.24, 2.45) is 11.8 Å². The molecular formula is C19H34N2O2. The number of hydrogen-bond acceptors (Lipinski definition) is 4. The maximum Gasteiger partial charge on any atom is 0.0734 e. The molecule has 2 aliphatic carbocycles. The first-order chi connectivity index (χ1) is 11.2. The molecule has 0 aromatic heterocycles. The summed E-state index contributed by atoms with van der Waals surface area (Å²) in [4.78, 5) is 5.30. The Labute approximate surface area is 141 Å². The Morgan fingerprint density at radius 2 is 1.13 bits per heavy atom. The molecule has 2 heterocycles. The van der Waals surface area contributed by atoms with Gasteiger partial charge in [0.25, 0.3) is 0 Å². The molecule has 4 aliphatic rings. The van der Waals surface area contributed by atoms with E-state index in [1.807, 2.05) is 0 Å². The van der Waals surface area contributed by atoms with Gasteiger partial charge in [0.1, 0.15) is 0 Å². The Kier molecular flexibility index (Phi) is 4.96. The van der Waals surface area contributed by atoms with Crippen LogP contribution in [0.2, 0.25) is 0 Å². The maximum absolute atomic E-state index is 6.13. The predicted octanol–water partition coefficient (Wildman–Crippen LogP) is 2.38. The van der Waals surface area contributed by atoms with Crippen LogP contribution in [0, 0.1) is 11.8 Å². The van der Waals surface area contributed by atoms with Gasteiger partial charge in [-0.1, -0.05) is 0 Å².